The highest BCUT2D eigenvalue weighted by molar-refractivity contribution is 7.89. The highest BCUT2D eigenvalue weighted by atomic mass is 32.2. The van der Waals surface area contributed by atoms with E-state index in [1.807, 2.05) is 0 Å². The first-order chi connectivity index (χ1) is 12.4. The molecule has 9 heteroatoms. The molecule has 1 aliphatic carbocycles. The number of benzene rings is 1. The number of rotatable bonds is 5. The molecule has 0 saturated heterocycles. The van der Waals surface area contributed by atoms with E-state index in [4.69, 9.17) is 0 Å². The fraction of sp³-hybridized carbons (Fsp3) is 0.529. The average Bonchev–Trinajstić information content (AvgIpc) is 3.38. The number of nitrogens with one attached hydrogen (secondary N) is 1. The highest BCUT2D eigenvalue weighted by Gasteiger charge is 2.27. The number of aromatic nitrogens is 3. The van der Waals surface area contributed by atoms with Crippen LogP contribution in [0.25, 0.3) is 0 Å². The van der Waals surface area contributed by atoms with Gasteiger partial charge in [0.05, 0.1) is 4.90 Å². The molecule has 140 valence electrons. The summed E-state index contributed by atoms with van der Waals surface area (Å²) in [5, 5.41) is 4.43. The summed E-state index contributed by atoms with van der Waals surface area (Å²) in [7, 11) is -3.80. The van der Waals surface area contributed by atoms with E-state index < -0.39 is 15.8 Å². The van der Waals surface area contributed by atoms with E-state index in [0.717, 1.165) is 18.9 Å². The Bertz CT molecular complexity index is 978. The lowest BCUT2D eigenvalue weighted by Gasteiger charge is -2.16. The number of sulfonamides is 1. The molecule has 2 heterocycles. The Hall–Kier alpha value is -2.00. The molecule has 0 bridgehead atoms. The Balaban J connectivity index is 1.46. The van der Waals surface area contributed by atoms with Crippen molar-refractivity contribution in [2.45, 2.75) is 56.1 Å². The van der Waals surface area contributed by atoms with Crippen LogP contribution in [0.4, 0.5) is 4.39 Å². The third-order valence-corrected chi connectivity index (χ3v) is 6.49. The molecule has 1 N–H and O–H groups in total. The van der Waals surface area contributed by atoms with Crippen LogP contribution in [0.1, 0.15) is 31.5 Å². The molecule has 1 fully saturated rings. The largest absolute Gasteiger partial charge is 0.345 e. The number of aryl methyl sites for hydroxylation is 1. The van der Waals surface area contributed by atoms with E-state index in [1.54, 1.807) is 9.25 Å². The van der Waals surface area contributed by atoms with E-state index in [1.165, 1.54) is 18.2 Å². The van der Waals surface area contributed by atoms with Crippen molar-refractivity contribution in [2.24, 2.45) is 5.92 Å². The SMILES string of the molecule is O=c1n(CC2CC2)nc2n1CCC(NS(=O)(=O)c1cccc(F)c1)CC2. The van der Waals surface area contributed by atoms with Gasteiger partial charge in [-0.15, -0.1) is 0 Å². The maximum absolute atomic E-state index is 13.3. The van der Waals surface area contributed by atoms with Gasteiger partial charge in [-0.2, -0.15) is 5.10 Å². The van der Waals surface area contributed by atoms with Crippen LogP contribution < -0.4 is 10.4 Å². The molecule has 26 heavy (non-hydrogen) atoms. The Morgan fingerprint density at radius 2 is 2.04 bits per heavy atom. The first kappa shape index (κ1) is 17.4. The number of nitrogens with zero attached hydrogens (tertiary/aromatic N) is 3. The molecule has 1 aromatic carbocycles. The molecule has 1 aromatic heterocycles. The van der Waals surface area contributed by atoms with E-state index in [-0.39, 0.29) is 16.6 Å². The minimum Gasteiger partial charge on any atom is -0.279 e. The highest BCUT2D eigenvalue weighted by Crippen LogP contribution is 2.30. The first-order valence-corrected chi connectivity index (χ1v) is 10.3. The van der Waals surface area contributed by atoms with Gasteiger partial charge in [0.25, 0.3) is 0 Å². The normalized spacial score (nSPS) is 20.6. The van der Waals surface area contributed by atoms with E-state index in [2.05, 4.69) is 9.82 Å². The van der Waals surface area contributed by atoms with Crippen LogP contribution in [0.15, 0.2) is 34.0 Å². The lowest BCUT2D eigenvalue weighted by Crippen LogP contribution is -2.36. The Kier molecular flexibility index (Phi) is 4.44. The number of hydrogen-bond acceptors (Lipinski definition) is 4. The van der Waals surface area contributed by atoms with Gasteiger partial charge in [0, 0.05) is 25.6 Å². The van der Waals surface area contributed by atoms with Crippen LogP contribution in [0.2, 0.25) is 0 Å². The summed E-state index contributed by atoms with van der Waals surface area (Å²) in [6.07, 6.45) is 3.88. The van der Waals surface area contributed by atoms with Crippen molar-refractivity contribution >= 4 is 10.0 Å². The number of halogens is 1. The topological polar surface area (TPSA) is 86.0 Å². The van der Waals surface area contributed by atoms with E-state index >= 15 is 0 Å². The average molecular weight is 380 g/mol. The van der Waals surface area contributed by atoms with Gasteiger partial charge in [-0.25, -0.2) is 27.0 Å². The van der Waals surface area contributed by atoms with E-state index in [0.29, 0.717) is 44.1 Å². The van der Waals surface area contributed by atoms with Crippen molar-refractivity contribution in [1.82, 2.24) is 19.1 Å². The van der Waals surface area contributed by atoms with Crippen LogP contribution in [-0.4, -0.2) is 28.8 Å². The van der Waals surface area contributed by atoms with Crippen molar-refractivity contribution < 1.29 is 12.8 Å². The Labute approximate surface area is 150 Å². The minimum absolute atomic E-state index is 0.0914. The second kappa shape index (κ2) is 6.62. The lowest BCUT2D eigenvalue weighted by atomic mass is 10.1. The van der Waals surface area contributed by atoms with Crippen molar-refractivity contribution in [1.29, 1.82) is 0 Å². The summed E-state index contributed by atoms with van der Waals surface area (Å²) in [4.78, 5) is 12.4. The monoisotopic (exact) mass is 380 g/mol. The first-order valence-electron chi connectivity index (χ1n) is 8.87. The number of fused-ring (bicyclic) bond motifs is 1. The molecule has 0 amide bonds. The lowest BCUT2D eigenvalue weighted by molar-refractivity contribution is 0.478. The predicted molar refractivity (Wildman–Crippen MR) is 92.7 cm³/mol. The standard InChI is InChI=1S/C17H21FN4O3S/c18-13-2-1-3-15(10-13)26(24,25)20-14-6-7-16-19-22(11-12-4-5-12)17(23)21(16)9-8-14/h1-3,10,12,14,20H,4-9,11H2. The second-order valence-electron chi connectivity index (χ2n) is 7.08. The summed E-state index contributed by atoms with van der Waals surface area (Å²) in [5.74, 6) is 0.686. The van der Waals surface area contributed by atoms with Gasteiger partial charge < -0.3 is 0 Å². The van der Waals surface area contributed by atoms with Gasteiger partial charge >= 0.3 is 5.69 Å². The molecule has 0 spiro atoms. The maximum atomic E-state index is 13.3. The molecule has 1 saturated carbocycles. The molecule has 4 rings (SSSR count). The predicted octanol–water partition coefficient (Wildman–Crippen LogP) is 1.28. The molecular weight excluding hydrogens is 359 g/mol. The van der Waals surface area contributed by atoms with Crippen molar-refractivity contribution in [3.63, 3.8) is 0 Å². The van der Waals surface area contributed by atoms with Crippen LogP contribution in [0.3, 0.4) is 0 Å². The summed E-state index contributed by atoms with van der Waals surface area (Å²) in [6, 6.07) is 4.62. The second-order valence-corrected chi connectivity index (χ2v) is 8.79. The molecule has 2 aliphatic rings. The summed E-state index contributed by atoms with van der Waals surface area (Å²) in [5.41, 5.74) is -0.111. The van der Waals surface area contributed by atoms with Gasteiger partial charge in [0.1, 0.15) is 11.6 Å². The molecule has 1 aliphatic heterocycles. The van der Waals surface area contributed by atoms with Gasteiger partial charge in [-0.05, 0) is 49.8 Å². The third-order valence-electron chi connectivity index (χ3n) is 4.97. The summed E-state index contributed by atoms with van der Waals surface area (Å²) >= 11 is 0. The molecule has 1 atom stereocenters. The smallest absolute Gasteiger partial charge is 0.279 e. The summed E-state index contributed by atoms with van der Waals surface area (Å²) < 4.78 is 44.1. The van der Waals surface area contributed by atoms with Crippen LogP contribution in [0, 0.1) is 11.7 Å². The fourth-order valence-electron chi connectivity index (χ4n) is 3.33. The summed E-state index contributed by atoms with van der Waals surface area (Å²) in [6.45, 7) is 1.10. The number of hydrogen-bond donors (Lipinski definition) is 1. The van der Waals surface area contributed by atoms with Crippen molar-refractivity contribution in [3.8, 4) is 0 Å². The molecule has 2 aromatic rings. The zero-order chi connectivity index (χ0) is 18.3. The zero-order valence-corrected chi connectivity index (χ0v) is 15.1. The van der Waals surface area contributed by atoms with Gasteiger partial charge in [0.2, 0.25) is 10.0 Å². The van der Waals surface area contributed by atoms with Crippen LogP contribution in [0.5, 0.6) is 0 Å². The molecule has 7 nitrogen and oxygen atoms in total. The van der Waals surface area contributed by atoms with E-state index in [9.17, 15) is 17.6 Å². The van der Waals surface area contributed by atoms with Crippen LogP contribution >= 0.6 is 0 Å². The molecular formula is C17H21FN4O3S. The Morgan fingerprint density at radius 1 is 1.23 bits per heavy atom. The Morgan fingerprint density at radius 3 is 2.77 bits per heavy atom. The molecule has 0 radical (unpaired) electrons. The van der Waals surface area contributed by atoms with Crippen molar-refractivity contribution in [2.75, 3.05) is 0 Å². The quantitative estimate of drug-likeness (QED) is 0.847. The van der Waals surface area contributed by atoms with Crippen molar-refractivity contribution in [3.05, 3.63) is 46.4 Å². The molecule has 1 unspecified atom stereocenters. The zero-order valence-electron chi connectivity index (χ0n) is 14.3. The minimum atomic E-state index is -3.80. The van der Waals surface area contributed by atoms with Gasteiger partial charge in [-0.3, -0.25) is 4.57 Å². The van der Waals surface area contributed by atoms with Gasteiger partial charge in [0.15, 0.2) is 0 Å². The van der Waals surface area contributed by atoms with Gasteiger partial charge in [-0.1, -0.05) is 6.07 Å². The third kappa shape index (κ3) is 3.59. The maximum Gasteiger partial charge on any atom is 0.345 e. The van der Waals surface area contributed by atoms with Crippen LogP contribution in [-0.2, 0) is 29.5 Å². The fourth-order valence-corrected chi connectivity index (χ4v) is 4.67.